The second-order valence-electron chi connectivity index (χ2n) is 3.39. The summed E-state index contributed by atoms with van der Waals surface area (Å²) in [7, 11) is 0. The van der Waals surface area contributed by atoms with Crippen molar-refractivity contribution in [3.05, 3.63) is 46.2 Å². The van der Waals surface area contributed by atoms with Crippen LogP contribution < -0.4 is 0 Å². The molecule has 0 aliphatic heterocycles. The molecular weight excluding hydrogens is 245 g/mol. The number of nitrogens with zero attached hydrogens (tertiary/aromatic N) is 1. The second kappa shape index (κ2) is 4.32. The summed E-state index contributed by atoms with van der Waals surface area (Å²) in [5.41, 5.74) is 1.91. The Labute approximate surface area is 103 Å². The molecule has 1 heterocycles. The van der Waals surface area contributed by atoms with Gasteiger partial charge in [-0.05, 0) is 19.1 Å². The van der Waals surface area contributed by atoms with Gasteiger partial charge in [0.05, 0.1) is 15.7 Å². The molecular formula is C12H9Cl2NO. The van der Waals surface area contributed by atoms with E-state index in [1.165, 1.54) is 0 Å². The van der Waals surface area contributed by atoms with E-state index in [-0.39, 0.29) is 5.75 Å². The summed E-state index contributed by atoms with van der Waals surface area (Å²) in [5.74, 6) is 0.131. The van der Waals surface area contributed by atoms with Crippen LogP contribution in [0.25, 0.3) is 11.1 Å². The second-order valence-corrected chi connectivity index (χ2v) is 4.18. The number of rotatable bonds is 1. The highest BCUT2D eigenvalue weighted by molar-refractivity contribution is 6.43. The molecule has 0 amide bonds. The van der Waals surface area contributed by atoms with Crippen molar-refractivity contribution < 1.29 is 5.11 Å². The molecule has 0 atom stereocenters. The third-order valence-electron chi connectivity index (χ3n) is 2.35. The van der Waals surface area contributed by atoms with E-state index in [4.69, 9.17) is 23.2 Å². The van der Waals surface area contributed by atoms with Crippen LogP contribution in [0.4, 0.5) is 0 Å². The third kappa shape index (κ3) is 1.86. The van der Waals surface area contributed by atoms with Crippen LogP contribution in [0.2, 0.25) is 10.0 Å². The van der Waals surface area contributed by atoms with Crippen LogP contribution in [0, 0.1) is 6.92 Å². The quantitative estimate of drug-likeness (QED) is 0.832. The average molecular weight is 254 g/mol. The van der Waals surface area contributed by atoms with Crippen molar-refractivity contribution >= 4 is 23.2 Å². The number of benzene rings is 1. The van der Waals surface area contributed by atoms with Gasteiger partial charge < -0.3 is 5.11 Å². The third-order valence-corrected chi connectivity index (χ3v) is 3.17. The number of pyridine rings is 1. The Morgan fingerprint density at radius 2 is 1.88 bits per heavy atom. The van der Waals surface area contributed by atoms with Crippen LogP contribution in [0.5, 0.6) is 5.75 Å². The van der Waals surface area contributed by atoms with Gasteiger partial charge in [-0.25, -0.2) is 0 Å². The lowest BCUT2D eigenvalue weighted by molar-refractivity contribution is 0.470. The van der Waals surface area contributed by atoms with E-state index in [9.17, 15) is 5.11 Å². The fourth-order valence-electron chi connectivity index (χ4n) is 1.49. The van der Waals surface area contributed by atoms with Crippen molar-refractivity contribution in [3.63, 3.8) is 0 Å². The van der Waals surface area contributed by atoms with Crippen molar-refractivity contribution in [1.82, 2.24) is 4.98 Å². The lowest BCUT2D eigenvalue weighted by atomic mass is 10.1. The minimum absolute atomic E-state index is 0.131. The smallest absolute Gasteiger partial charge is 0.144 e. The molecule has 1 aromatic heterocycles. The molecule has 2 nitrogen and oxygen atoms in total. The molecule has 0 radical (unpaired) electrons. The molecule has 0 aliphatic rings. The lowest BCUT2D eigenvalue weighted by Gasteiger charge is -2.09. The molecule has 0 fully saturated rings. The monoisotopic (exact) mass is 253 g/mol. The van der Waals surface area contributed by atoms with Crippen LogP contribution in [0.3, 0.4) is 0 Å². The summed E-state index contributed by atoms with van der Waals surface area (Å²) in [6, 6.07) is 7.01. The van der Waals surface area contributed by atoms with Crippen LogP contribution in [0.1, 0.15) is 5.69 Å². The maximum Gasteiger partial charge on any atom is 0.144 e. The highest BCUT2D eigenvalue weighted by Gasteiger charge is 2.12. The minimum Gasteiger partial charge on any atom is -0.505 e. The summed E-state index contributed by atoms with van der Waals surface area (Å²) >= 11 is 12.0. The fraction of sp³-hybridized carbons (Fsp3) is 0.0833. The molecule has 0 spiro atoms. The molecule has 82 valence electrons. The van der Waals surface area contributed by atoms with Gasteiger partial charge >= 0.3 is 0 Å². The van der Waals surface area contributed by atoms with Gasteiger partial charge in [0.2, 0.25) is 0 Å². The van der Waals surface area contributed by atoms with Crippen molar-refractivity contribution in [2.24, 2.45) is 0 Å². The van der Waals surface area contributed by atoms with Crippen LogP contribution in [0.15, 0.2) is 30.5 Å². The molecule has 0 unspecified atom stereocenters. The first-order valence-electron chi connectivity index (χ1n) is 4.70. The lowest BCUT2D eigenvalue weighted by Crippen LogP contribution is -1.87. The first-order chi connectivity index (χ1) is 7.61. The topological polar surface area (TPSA) is 33.1 Å². The normalized spacial score (nSPS) is 10.4. The van der Waals surface area contributed by atoms with Gasteiger partial charge in [0, 0.05) is 17.3 Å². The Morgan fingerprint density at radius 1 is 1.12 bits per heavy atom. The number of aryl methyl sites for hydroxylation is 1. The highest BCUT2D eigenvalue weighted by atomic mass is 35.5. The summed E-state index contributed by atoms with van der Waals surface area (Å²) in [4.78, 5) is 3.99. The van der Waals surface area contributed by atoms with Crippen molar-refractivity contribution in [3.8, 4) is 16.9 Å². The molecule has 0 aliphatic carbocycles. The molecule has 2 aromatic rings. The van der Waals surface area contributed by atoms with E-state index in [1.54, 1.807) is 31.3 Å². The van der Waals surface area contributed by atoms with Gasteiger partial charge in [0.1, 0.15) is 5.75 Å². The fourth-order valence-corrected chi connectivity index (χ4v) is 1.89. The number of aromatic hydroxyl groups is 1. The van der Waals surface area contributed by atoms with E-state index in [1.807, 2.05) is 6.07 Å². The van der Waals surface area contributed by atoms with Gasteiger partial charge in [0.25, 0.3) is 0 Å². The van der Waals surface area contributed by atoms with Gasteiger partial charge in [-0.2, -0.15) is 0 Å². The van der Waals surface area contributed by atoms with E-state index in [0.29, 0.717) is 26.9 Å². The molecule has 1 aromatic carbocycles. The molecule has 2 rings (SSSR count). The number of hydrogen-bond acceptors (Lipinski definition) is 2. The van der Waals surface area contributed by atoms with E-state index in [2.05, 4.69) is 4.98 Å². The molecule has 0 saturated carbocycles. The Bertz CT molecular complexity index is 491. The zero-order valence-electron chi connectivity index (χ0n) is 8.54. The maximum atomic E-state index is 9.90. The summed E-state index contributed by atoms with van der Waals surface area (Å²) < 4.78 is 0. The Hall–Kier alpha value is -1.25. The first-order valence-corrected chi connectivity index (χ1v) is 5.46. The maximum absolute atomic E-state index is 9.90. The van der Waals surface area contributed by atoms with Crippen LogP contribution in [-0.2, 0) is 0 Å². The zero-order valence-corrected chi connectivity index (χ0v) is 10.0. The van der Waals surface area contributed by atoms with Crippen LogP contribution in [-0.4, -0.2) is 10.1 Å². The van der Waals surface area contributed by atoms with Gasteiger partial charge in [0.15, 0.2) is 0 Å². The Morgan fingerprint density at radius 3 is 2.62 bits per heavy atom. The minimum atomic E-state index is 0.131. The molecule has 16 heavy (non-hydrogen) atoms. The standard InChI is InChI=1S/C12H9Cl2NO/c1-7-12(16)9(5-6-15-7)8-3-2-4-10(13)11(8)14/h2-6,16H,1H3. The molecule has 0 saturated heterocycles. The van der Waals surface area contributed by atoms with Gasteiger partial charge in [-0.3, -0.25) is 4.98 Å². The average Bonchev–Trinajstić information content (AvgIpc) is 2.27. The van der Waals surface area contributed by atoms with E-state index < -0.39 is 0 Å². The Kier molecular flexibility index (Phi) is 3.03. The molecule has 0 bridgehead atoms. The number of hydrogen-bond donors (Lipinski definition) is 1. The van der Waals surface area contributed by atoms with E-state index >= 15 is 0 Å². The largest absolute Gasteiger partial charge is 0.505 e. The van der Waals surface area contributed by atoms with Crippen molar-refractivity contribution in [2.45, 2.75) is 6.92 Å². The highest BCUT2D eigenvalue weighted by Crippen LogP contribution is 2.38. The van der Waals surface area contributed by atoms with Crippen molar-refractivity contribution in [2.75, 3.05) is 0 Å². The Balaban J connectivity index is 2.68. The molecule has 1 N–H and O–H groups in total. The SMILES string of the molecule is Cc1nccc(-c2cccc(Cl)c2Cl)c1O. The van der Waals surface area contributed by atoms with E-state index in [0.717, 1.165) is 0 Å². The molecule has 4 heteroatoms. The van der Waals surface area contributed by atoms with Gasteiger partial charge in [-0.15, -0.1) is 0 Å². The number of halogens is 2. The summed E-state index contributed by atoms with van der Waals surface area (Å²) in [6.07, 6.45) is 1.63. The predicted molar refractivity (Wildman–Crippen MR) is 66.1 cm³/mol. The summed E-state index contributed by atoms with van der Waals surface area (Å²) in [6.45, 7) is 1.73. The predicted octanol–water partition coefficient (Wildman–Crippen LogP) is 4.07. The number of aromatic nitrogens is 1. The summed E-state index contributed by atoms with van der Waals surface area (Å²) in [5, 5.41) is 10.8. The van der Waals surface area contributed by atoms with Crippen molar-refractivity contribution in [1.29, 1.82) is 0 Å². The van der Waals surface area contributed by atoms with Gasteiger partial charge in [-0.1, -0.05) is 35.3 Å². The van der Waals surface area contributed by atoms with Crippen LogP contribution >= 0.6 is 23.2 Å². The zero-order chi connectivity index (χ0) is 11.7. The first kappa shape index (κ1) is 11.2.